The van der Waals surface area contributed by atoms with Crippen LogP contribution in [0.15, 0.2) is 30.6 Å². The summed E-state index contributed by atoms with van der Waals surface area (Å²) in [5.74, 6) is 0.700. The zero-order valence-corrected chi connectivity index (χ0v) is 12.6. The third-order valence-electron chi connectivity index (χ3n) is 2.65. The zero-order chi connectivity index (χ0) is 15.5. The molecule has 0 bridgehead atoms. The van der Waals surface area contributed by atoms with E-state index in [-0.39, 0.29) is 0 Å². The SMILES string of the molecule is COc1ccc(NC(=O)OC(C)(C)C)cc1-c1cn[nH]c1. The van der Waals surface area contributed by atoms with Crippen LogP contribution in [0.25, 0.3) is 11.1 Å². The van der Waals surface area contributed by atoms with E-state index in [0.29, 0.717) is 11.4 Å². The van der Waals surface area contributed by atoms with E-state index in [0.717, 1.165) is 11.1 Å². The predicted molar refractivity (Wildman–Crippen MR) is 80.4 cm³/mol. The van der Waals surface area contributed by atoms with Crippen LogP contribution in [0.5, 0.6) is 5.75 Å². The largest absolute Gasteiger partial charge is 0.496 e. The van der Waals surface area contributed by atoms with Crippen molar-refractivity contribution in [2.75, 3.05) is 12.4 Å². The number of ether oxygens (including phenoxy) is 2. The third-order valence-corrected chi connectivity index (χ3v) is 2.65. The monoisotopic (exact) mass is 289 g/mol. The van der Waals surface area contributed by atoms with Crippen molar-refractivity contribution in [1.82, 2.24) is 10.2 Å². The Balaban J connectivity index is 2.23. The Morgan fingerprint density at radius 1 is 1.33 bits per heavy atom. The van der Waals surface area contributed by atoms with E-state index in [1.807, 2.05) is 26.8 Å². The molecule has 0 fully saturated rings. The van der Waals surface area contributed by atoms with Crippen molar-refractivity contribution in [2.45, 2.75) is 26.4 Å². The van der Waals surface area contributed by atoms with Crippen LogP contribution in [0.4, 0.5) is 10.5 Å². The fraction of sp³-hybridized carbons (Fsp3) is 0.333. The molecule has 0 aliphatic carbocycles. The molecule has 2 aromatic rings. The van der Waals surface area contributed by atoms with E-state index >= 15 is 0 Å². The summed E-state index contributed by atoms with van der Waals surface area (Å²) in [6, 6.07) is 5.36. The quantitative estimate of drug-likeness (QED) is 0.907. The summed E-state index contributed by atoms with van der Waals surface area (Å²) in [4.78, 5) is 11.8. The minimum Gasteiger partial charge on any atom is -0.496 e. The molecule has 1 aromatic heterocycles. The molecule has 1 amide bonds. The van der Waals surface area contributed by atoms with Crippen LogP contribution in [-0.2, 0) is 4.74 Å². The van der Waals surface area contributed by atoms with Gasteiger partial charge in [0.05, 0.1) is 13.3 Å². The Labute approximate surface area is 123 Å². The Kier molecular flexibility index (Phi) is 4.16. The fourth-order valence-electron chi connectivity index (χ4n) is 1.83. The number of nitrogens with one attached hydrogen (secondary N) is 2. The summed E-state index contributed by atoms with van der Waals surface area (Å²) >= 11 is 0. The summed E-state index contributed by atoms with van der Waals surface area (Å²) in [7, 11) is 1.60. The molecule has 0 aliphatic heterocycles. The number of hydrogen-bond acceptors (Lipinski definition) is 4. The Bertz CT molecular complexity index is 616. The average molecular weight is 289 g/mol. The van der Waals surface area contributed by atoms with Crippen LogP contribution >= 0.6 is 0 Å². The van der Waals surface area contributed by atoms with Crippen LogP contribution in [0.2, 0.25) is 0 Å². The number of benzene rings is 1. The number of amides is 1. The van der Waals surface area contributed by atoms with Crippen molar-refractivity contribution in [1.29, 1.82) is 0 Å². The Morgan fingerprint density at radius 3 is 2.67 bits per heavy atom. The first-order valence-electron chi connectivity index (χ1n) is 6.56. The lowest BCUT2D eigenvalue weighted by molar-refractivity contribution is 0.0636. The Hall–Kier alpha value is -2.50. The summed E-state index contributed by atoms with van der Waals surface area (Å²) in [5, 5.41) is 9.38. The first-order valence-corrected chi connectivity index (χ1v) is 6.56. The zero-order valence-electron chi connectivity index (χ0n) is 12.6. The number of H-pyrrole nitrogens is 1. The Morgan fingerprint density at radius 2 is 2.10 bits per heavy atom. The minimum atomic E-state index is -0.538. The number of rotatable bonds is 3. The maximum atomic E-state index is 11.8. The maximum Gasteiger partial charge on any atom is 0.412 e. The van der Waals surface area contributed by atoms with E-state index in [4.69, 9.17) is 9.47 Å². The van der Waals surface area contributed by atoms with E-state index in [2.05, 4.69) is 15.5 Å². The smallest absolute Gasteiger partial charge is 0.412 e. The van der Waals surface area contributed by atoms with Gasteiger partial charge in [0.1, 0.15) is 11.4 Å². The molecule has 6 heteroatoms. The molecule has 0 radical (unpaired) electrons. The molecule has 0 unspecified atom stereocenters. The van der Waals surface area contributed by atoms with Crippen molar-refractivity contribution in [3.63, 3.8) is 0 Å². The summed E-state index contributed by atoms with van der Waals surface area (Å²) in [6.07, 6.45) is 2.95. The lowest BCUT2D eigenvalue weighted by Crippen LogP contribution is -2.27. The van der Waals surface area contributed by atoms with Crippen molar-refractivity contribution in [3.05, 3.63) is 30.6 Å². The number of carbonyl (C=O) groups excluding carboxylic acids is 1. The van der Waals surface area contributed by atoms with Gasteiger partial charge >= 0.3 is 6.09 Å². The molecule has 112 valence electrons. The van der Waals surface area contributed by atoms with Gasteiger partial charge in [-0.2, -0.15) is 5.10 Å². The van der Waals surface area contributed by atoms with Crippen molar-refractivity contribution >= 4 is 11.8 Å². The number of carbonyl (C=O) groups is 1. The summed E-state index contributed by atoms with van der Waals surface area (Å²) in [5.41, 5.74) is 1.80. The average Bonchev–Trinajstić information content (AvgIpc) is 2.90. The molecule has 1 heterocycles. The molecule has 0 atom stereocenters. The molecule has 0 saturated carbocycles. The first-order chi connectivity index (χ1) is 9.89. The third kappa shape index (κ3) is 3.98. The summed E-state index contributed by atoms with van der Waals surface area (Å²) < 4.78 is 10.6. The molecular weight excluding hydrogens is 270 g/mol. The van der Waals surface area contributed by atoms with E-state index in [1.165, 1.54) is 0 Å². The van der Waals surface area contributed by atoms with Crippen molar-refractivity contribution in [3.8, 4) is 16.9 Å². The second kappa shape index (κ2) is 5.87. The van der Waals surface area contributed by atoms with Gasteiger partial charge in [0, 0.05) is 23.0 Å². The van der Waals surface area contributed by atoms with Gasteiger partial charge in [0.15, 0.2) is 0 Å². The van der Waals surface area contributed by atoms with E-state index < -0.39 is 11.7 Å². The van der Waals surface area contributed by atoms with Crippen LogP contribution in [0.3, 0.4) is 0 Å². The molecular formula is C15H19N3O3. The number of methoxy groups -OCH3 is 1. The highest BCUT2D eigenvalue weighted by Crippen LogP contribution is 2.32. The normalized spacial score (nSPS) is 11.0. The molecule has 2 N–H and O–H groups in total. The fourth-order valence-corrected chi connectivity index (χ4v) is 1.83. The molecule has 0 saturated heterocycles. The van der Waals surface area contributed by atoms with Gasteiger partial charge < -0.3 is 9.47 Å². The molecule has 0 aliphatic rings. The van der Waals surface area contributed by atoms with Gasteiger partial charge in [-0.25, -0.2) is 4.79 Å². The van der Waals surface area contributed by atoms with Crippen LogP contribution in [0, 0.1) is 0 Å². The second-order valence-electron chi connectivity index (χ2n) is 5.53. The molecule has 2 rings (SSSR count). The van der Waals surface area contributed by atoms with Gasteiger partial charge in [-0.05, 0) is 39.0 Å². The van der Waals surface area contributed by atoms with E-state index in [9.17, 15) is 4.79 Å². The highest BCUT2D eigenvalue weighted by atomic mass is 16.6. The topological polar surface area (TPSA) is 76.2 Å². The predicted octanol–water partition coefficient (Wildman–Crippen LogP) is 3.43. The van der Waals surface area contributed by atoms with Gasteiger partial charge in [0.2, 0.25) is 0 Å². The van der Waals surface area contributed by atoms with Crippen LogP contribution < -0.4 is 10.1 Å². The number of aromatic nitrogens is 2. The van der Waals surface area contributed by atoms with Crippen molar-refractivity contribution < 1.29 is 14.3 Å². The lowest BCUT2D eigenvalue weighted by atomic mass is 10.1. The van der Waals surface area contributed by atoms with E-state index in [1.54, 1.807) is 31.6 Å². The van der Waals surface area contributed by atoms with Gasteiger partial charge in [-0.1, -0.05) is 0 Å². The number of anilines is 1. The molecule has 1 aromatic carbocycles. The molecule has 0 spiro atoms. The number of hydrogen-bond donors (Lipinski definition) is 2. The molecule has 21 heavy (non-hydrogen) atoms. The highest BCUT2D eigenvalue weighted by molar-refractivity contribution is 5.87. The first kappa shape index (κ1) is 14.9. The van der Waals surface area contributed by atoms with Crippen LogP contribution in [0.1, 0.15) is 20.8 Å². The van der Waals surface area contributed by atoms with Crippen molar-refractivity contribution in [2.24, 2.45) is 0 Å². The molecule has 6 nitrogen and oxygen atoms in total. The van der Waals surface area contributed by atoms with Crippen LogP contribution in [-0.4, -0.2) is 29.0 Å². The maximum absolute atomic E-state index is 11.8. The van der Waals surface area contributed by atoms with Gasteiger partial charge in [-0.15, -0.1) is 0 Å². The van der Waals surface area contributed by atoms with Gasteiger partial charge in [-0.3, -0.25) is 10.4 Å². The lowest BCUT2D eigenvalue weighted by Gasteiger charge is -2.20. The summed E-state index contributed by atoms with van der Waals surface area (Å²) in [6.45, 7) is 5.45. The van der Waals surface area contributed by atoms with Gasteiger partial charge in [0.25, 0.3) is 0 Å². The highest BCUT2D eigenvalue weighted by Gasteiger charge is 2.17. The number of nitrogens with zero attached hydrogens (tertiary/aromatic N) is 1. The second-order valence-corrected chi connectivity index (χ2v) is 5.53. The minimum absolute atomic E-state index is 0.495. The standard InChI is InChI=1S/C15H19N3O3/c1-15(2,3)21-14(19)18-11-5-6-13(20-4)12(7-11)10-8-16-17-9-10/h5-9H,1-4H3,(H,16,17)(H,18,19). The number of aromatic amines is 1.